The average molecular weight is 217 g/mol. The molecule has 0 bridgehead atoms. The first-order valence-electron chi connectivity index (χ1n) is 6.09. The first-order chi connectivity index (χ1) is 7.65. The minimum Gasteiger partial charge on any atom is -0.310 e. The van der Waals surface area contributed by atoms with Crippen LogP contribution in [0.25, 0.3) is 0 Å². The molecule has 0 amide bonds. The van der Waals surface area contributed by atoms with Crippen molar-refractivity contribution < 1.29 is 0 Å². The number of benzene rings is 1. The van der Waals surface area contributed by atoms with Gasteiger partial charge in [0.15, 0.2) is 0 Å². The van der Waals surface area contributed by atoms with Crippen LogP contribution in [0, 0.1) is 0 Å². The summed E-state index contributed by atoms with van der Waals surface area (Å²) in [5.41, 5.74) is 2.76. The van der Waals surface area contributed by atoms with Crippen molar-refractivity contribution in [3.8, 4) is 0 Å². The van der Waals surface area contributed by atoms with E-state index in [9.17, 15) is 0 Å². The molecule has 1 atom stereocenters. The third-order valence-corrected chi connectivity index (χ3v) is 2.90. The average Bonchev–Trinajstić information content (AvgIpc) is 2.29. The normalized spacial score (nSPS) is 12.8. The maximum atomic E-state index is 3.72. The van der Waals surface area contributed by atoms with Crippen LogP contribution < -0.4 is 5.32 Å². The molecule has 0 aromatic heterocycles. The standard InChI is InChI=1S/C15H23N/c1-5-6-11-16-13(4)15-9-7-14(8-10-15)12(2)3/h5,7-10,12-13,16H,1,6,11H2,2-4H3. The topological polar surface area (TPSA) is 12.0 Å². The Balaban J connectivity index is 2.55. The first-order valence-corrected chi connectivity index (χ1v) is 6.09. The molecule has 1 unspecified atom stereocenters. The number of hydrogen-bond donors (Lipinski definition) is 1. The van der Waals surface area contributed by atoms with Gasteiger partial charge in [-0.2, -0.15) is 0 Å². The maximum Gasteiger partial charge on any atom is 0.0291 e. The molecule has 1 aromatic rings. The molecule has 0 aliphatic heterocycles. The fourth-order valence-electron chi connectivity index (χ4n) is 1.69. The highest BCUT2D eigenvalue weighted by Crippen LogP contribution is 2.18. The van der Waals surface area contributed by atoms with E-state index in [2.05, 4.69) is 56.9 Å². The van der Waals surface area contributed by atoms with E-state index in [1.807, 2.05) is 6.08 Å². The molecule has 1 rings (SSSR count). The van der Waals surface area contributed by atoms with Gasteiger partial charge in [0, 0.05) is 6.04 Å². The van der Waals surface area contributed by atoms with Crippen LogP contribution in [0.2, 0.25) is 0 Å². The van der Waals surface area contributed by atoms with Crippen LogP contribution in [-0.4, -0.2) is 6.54 Å². The van der Waals surface area contributed by atoms with Crippen molar-refractivity contribution >= 4 is 0 Å². The summed E-state index contributed by atoms with van der Waals surface area (Å²) in [4.78, 5) is 0. The number of hydrogen-bond acceptors (Lipinski definition) is 1. The Bertz CT molecular complexity index is 311. The lowest BCUT2D eigenvalue weighted by molar-refractivity contribution is 0.581. The van der Waals surface area contributed by atoms with Crippen LogP contribution >= 0.6 is 0 Å². The van der Waals surface area contributed by atoms with Gasteiger partial charge in [-0.25, -0.2) is 0 Å². The Morgan fingerprint density at radius 1 is 1.12 bits per heavy atom. The van der Waals surface area contributed by atoms with E-state index >= 15 is 0 Å². The summed E-state index contributed by atoms with van der Waals surface area (Å²) in [7, 11) is 0. The van der Waals surface area contributed by atoms with Crippen LogP contribution in [0.5, 0.6) is 0 Å². The molecule has 1 N–H and O–H groups in total. The minimum absolute atomic E-state index is 0.418. The van der Waals surface area contributed by atoms with Crippen LogP contribution in [0.3, 0.4) is 0 Å². The molecular formula is C15H23N. The summed E-state index contributed by atoms with van der Waals surface area (Å²) in [6.45, 7) is 11.4. The van der Waals surface area contributed by atoms with Gasteiger partial charge in [-0.1, -0.05) is 44.2 Å². The summed E-state index contributed by atoms with van der Waals surface area (Å²) >= 11 is 0. The first kappa shape index (κ1) is 13.0. The maximum absolute atomic E-state index is 3.72. The summed E-state index contributed by atoms with van der Waals surface area (Å²) in [5.74, 6) is 0.609. The second kappa shape index (κ2) is 6.49. The van der Waals surface area contributed by atoms with E-state index in [1.54, 1.807) is 0 Å². The van der Waals surface area contributed by atoms with E-state index in [4.69, 9.17) is 0 Å². The van der Waals surface area contributed by atoms with Crippen LogP contribution in [0.15, 0.2) is 36.9 Å². The highest BCUT2D eigenvalue weighted by atomic mass is 14.9. The van der Waals surface area contributed by atoms with Gasteiger partial charge in [0.25, 0.3) is 0 Å². The third-order valence-electron chi connectivity index (χ3n) is 2.90. The Morgan fingerprint density at radius 2 is 1.69 bits per heavy atom. The van der Waals surface area contributed by atoms with Crippen LogP contribution in [-0.2, 0) is 0 Å². The van der Waals surface area contributed by atoms with Gasteiger partial charge in [-0.3, -0.25) is 0 Å². The quantitative estimate of drug-likeness (QED) is 0.560. The van der Waals surface area contributed by atoms with Crippen LogP contribution in [0.1, 0.15) is 50.3 Å². The lowest BCUT2D eigenvalue weighted by atomic mass is 9.99. The van der Waals surface area contributed by atoms with Gasteiger partial charge >= 0.3 is 0 Å². The van der Waals surface area contributed by atoms with Crippen LogP contribution in [0.4, 0.5) is 0 Å². The fourth-order valence-corrected chi connectivity index (χ4v) is 1.69. The molecule has 0 saturated carbocycles. The zero-order valence-corrected chi connectivity index (χ0v) is 10.7. The Morgan fingerprint density at radius 3 is 2.19 bits per heavy atom. The van der Waals surface area contributed by atoms with Crippen molar-refractivity contribution in [3.05, 3.63) is 48.0 Å². The van der Waals surface area contributed by atoms with Gasteiger partial charge in [-0.15, -0.1) is 6.58 Å². The molecule has 0 saturated heterocycles. The van der Waals surface area contributed by atoms with Crippen molar-refractivity contribution in [1.82, 2.24) is 5.32 Å². The van der Waals surface area contributed by atoms with E-state index in [0.717, 1.165) is 13.0 Å². The smallest absolute Gasteiger partial charge is 0.0291 e. The monoisotopic (exact) mass is 217 g/mol. The third kappa shape index (κ3) is 3.82. The summed E-state index contributed by atoms with van der Waals surface area (Å²) in [5, 5.41) is 3.48. The minimum atomic E-state index is 0.418. The van der Waals surface area contributed by atoms with E-state index in [0.29, 0.717) is 12.0 Å². The molecule has 0 fully saturated rings. The van der Waals surface area contributed by atoms with Gasteiger partial charge in [0.05, 0.1) is 0 Å². The summed E-state index contributed by atoms with van der Waals surface area (Å²) in [6, 6.07) is 9.32. The Kier molecular flexibility index (Phi) is 5.27. The lowest BCUT2D eigenvalue weighted by Crippen LogP contribution is -2.19. The van der Waals surface area contributed by atoms with E-state index in [1.165, 1.54) is 11.1 Å². The molecule has 0 heterocycles. The molecule has 0 radical (unpaired) electrons. The van der Waals surface area contributed by atoms with Crippen molar-refractivity contribution in [2.45, 2.75) is 39.2 Å². The predicted octanol–water partition coefficient (Wildman–Crippen LogP) is 4.04. The molecule has 1 nitrogen and oxygen atoms in total. The fraction of sp³-hybridized carbons (Fsp3) is 0.467. The van der Waals surface area contributed by atoms with Gasteiger partial charge in [0.1, 0.15) is 0 Å². The van der Waals surface area contributed by atoms with E-state index in [-0.39, 0.29) is 0 Å². The largest absolute Gasteiger partial charge is 0.310 e. The molecule has 88 valence electrons. The Labute approximate surface area is 99.6 Å². The molecule has 16 heavy (non-hydrogen) atoms. The van der Waals surface area contributed by atoms with Crippen molar-refractivity contribution in [2.75, 3.05) is 6.54 Å². The molecule has 0 aliphatic carbocycles. The lowest BCUT2D eigenvalue weighted by Gasteiger charge is -2.14. The van der Waals surface area contributed by atoms with E-state index < -0.39 is 0 Å². The predicted molar refractivity (Wildman–Crippen MR) is 71.8 cm³/mol. The highest BCUT2D eigenvalue weighted by molar-refractivity contribution is 5.26. The zero-order chi connectivity index (χ0) is 12.0. The second-order valence-corrected chi connectivity index (χ2v) is 4.57. The second-order valence-electron chi connectivity index (χ2n) is 4.57. The molecule has 1 aromatic carbocycles. The molecule has 0 spiro atoms. The highest BCUT2D eigenvalue weighted by Gasteiger charge is 2.04. The van der Waals surface area contributed by atoms with Crippen molar-refractivity contribution in [1.29, 1.82) is 0 Å². The number of nitrogens with one attached hydrogen (secondary N) is 1. The Hall–Kier alpha value is -1.08. The summed E-state index contributed by atoms with van der Waals surface area (Å²) < 4.78 is 0. The van der Waals surface area contributed by atoms with Gasteiger partial charge in [0.2, 0.25) is 0 Å². The van der Waals surface area contributed by atoms with Crippen molar-refractivity contribution in [2.24, 2.45) is 0 Å². The van der Waals surface area contributed by atoms with Crippen molar-refractivity contribution in [3.63, 3.8) is 0 Å². The molecule has 0 aliphatic rings. The van der Waals surface area contributed by atoms with Gasteiger partial charge in [-0.05, 0) is 36.9 Å². The zero-order valence-electron chi connectivity index (χ0n) is 10.7. The SMILES string of the molecule is C=CCCNC(C)c1ccc(C(C)C)cc1. The summed E-state index contributed by atoms with van der Waals surface area (Å²) in [6.07, 6.45) is 2.97. The molecule has 1 heteroatoms. The van der Waals surface area contributed by atoms with Gasteiger partial charge < -0.3 is 5.32 Å². The number of rotatable bonds is 6. The molecular weight excluding hydrogens is 194 g/mol.